The fraction of sp³-hybridized carbons (Fsp3) is 0.429. The molecule has 0 aliphatic rings. The average Bonchev–Trinajstić information content (AvgIpc) is 2.36. The van der Waals surface area contributed by atoms with Gasteiger partial charge in [-0.25, -0.2) is 0 Å². The Kier molecular flexibility index (Phi) is 2.55. The topological polar surface area (TPSA) is 41.6 Å². The summed E-state index contributed by atoms with van der Waals surface area (Å²) in [5, 5.41) is 14.7. The third-order valence-electron chi connectivity index (χ3n) is 1.42. The third kappa shape index (κ3) is 1.99. The molecule has 0 saturated heterocycles. The minimum Gasteiger partial charge on any atom is -0.276 e. The molecule has 0 aromatic carbocycles. The van der Waals surface area contributed by atoms with Crippen LogP contribution in [0.1, 0.15) is 17.7 Å². The summed E-state index contributed by atoms with van der Waals surface area (Å²) in [7, 11) is 1.87. The van der Waals surface area contributed by atoms with Gasteiger partial charge in [0.25, 0.3) is 0 Å². The molecule has 0 fully saturated rings. The van der Waals surface area contributed by atoms with Gasteiger partial charge in [0.15, 0.2) is 0 Å². The van der Waals surface area contributed by atoms with Gasteiger partial charge in [0.1, 0.15) is 5.40 Å². The van der Waals surface area contributed by atoms with Crippen LogP contribution in [-0.4, -0.2) is 9.78 Å². The zero-order valence-corrected chi connectivity index (χ0v) is 7.30. The van der Waals surface area contributed by atoms with E-state index in [1.54, 1.807) is 10.9 Å². The third-order valence-corrected chi connectivity index (χ3v) is 2.15. The monoisotopic (exact) mass is 167 g/mol. The Bertz CT molecular complexity index is 273. The highest BCUT2D eigenvalue weighted by molar-refractivity contribution is 8.03. The maximum atomic E-state index is 8.39. The summed E-state index contributed by atoms with van der Waals surface area (Å²) in [5.74, 6) is 0. The average molecular weight is 167 g/mol. The lowest BCUT2D eigenvalue weighted by Crippen LogP contribution is -1.85. The molecule has 1 aromatic rings. The van der Waals surface area contributed by atoms with Crippen LogP contribution in [0.5, 0.6) is 0 Å². The SMILES string of the molecule is CC(SC#N)c1cnn(C)c1. The highest BCUT2D eigenvalue weighted by Crippen LogP contribution is 2.25. The van der Waals surface area contributed by atoms with Gasteiger partial charge < -0.3 is 0 Å². The molecule has 11 heavy (non-hydrogen) atoms. The molecule has 1 rings (SSSR count). The Morgan fingerprint density at radius 1 is 1.82 bits per heavy atom. The summed E-state index contributed by atoms with van der Waals surface area (Å²) < 4.78 is 1.74. The van der Waals surface area contributed by atoms with Crippen molar-refractivity contribution in [2.75, 3.05) is 0 Å². The van der Waals surface area contributed by atoms with Crippen molar-refractivity contribution in [1.29, 1.82) is 5.26 Å². The highest BCUT2D eigenvalue weighted by atomic mass is 32.2. The van der Waals surface area contributed by atoms with E-state index >= 15 is 0 Å². The fourth-order valence-corrected chi connectivity index (χ4v) is 1.21. The van der Waals surface area contributed by atoms with Crippen LogP contribution in [-0.2, 0) is 7.05 Å². The zero-order chi connectivity index (χ0) is 8.27. The van der Waals surface area contributed by atoms with E-state index in [9.17, 15) is 0 Å². The van der Waals surface area contributed by atoms with Gasteiger partial charge in [-0.15, -0.1) is 0 Å². The number of hydrogen-bond acceptors (Lipinski definition) is 3. The molecule has 1 atom stereocenters. The number of rotatable bonds is 2. The van der Waals surface area contributed by atoms with Gasteiger partial charge in [0, 0.05) is 24.1 Å². The van der Waals surface area contributed by atoms with E-state index in [1.165, 1.54) is 11.8 Å². The van der Waals surface area contributed by atoms with Crippen LogP contribution in [0.25, 0.3) is 0 Å². The van der Waals surface area contributed by atoms with Gasteiger partial charge in [0.05, 0.1) is 6.20 Å². The second kappa shape index (κ2) is 3.44. The van der Waals surface area contributed by atoms with E-state index < -0.39 is 0 Å². The minimum atomic E-state index is 0.216. The lowest BCUT2D eigenvalue weighted by molar-refractivity contribution is 0.767. The van der Waals surface area contributed by atoms with Crippen molar-refractivity contribution in [2.45, 2.75) is 12.2 Å². The molecule has 1 unspecified atom stereocenters. The van der Waals surface area contributed by atoms with Crippen molar-refractivity contribution in [3.8, 4) is 5.40 Å². The molecule has 0 aliphatic heterocycles. The lowest BCUT2D eigenvalue weighted by atomic mass is 10.3. The van der Waals surface area contributed by atoms with Crippen LogP contribution in [0.3, 0.4) is 0 Å². The first kappa shape index (κ1) is 8.15. The molecule has 0 bridgehead atoms. The second-order valence-electron chi connectivity index (χ2n) is 2.30. The highest BCUT2D eigenvalue weighted by Gasteiger charge is 2.06. The number of thiocyanates is 1. The molecule has 0 spiro atoms. The van der Waals surface area contributed by atoms with Crippen LogP contribution >= 0.6 is 11.8 Å². The smallest absolute Gasteiger partial charge is 0.133 e. The zero-order valence-electron chi connectivity index (χ0n) is 6.48. The molecule has 3 nitrogen and oxygen atoms in total. The summed E-state index contributed by atoms with van der Waals surface area (Å²) in [5.41, 5.74) is 1.10. The van der Waals surface area contributed by atoms with E-state index in [0.29, 0.717) is 0 Å². The molecule has 0 aliphatic carbocycles. The first-order valence-corrected chi connectivity index (χ1v) is 4.15. The summed E-state index contributed by atoms with van der Waals surface area (Å²) in [4.78, 5) is 0. The predicted octanol–water partition coefficient (Wildman–Crippen LogP) is 1.70. The fourth-order valence-electron chi connectivity index (χ4n) is 0.797. The maximum Gasteiger partial charge on any atom is 0.133 e. The van der Waals surface area contributed by atoms with Crippen molar-refractivity contribution >= 4 is 11.8 Å². The van der Waals surface area contributed by atoms with E-state index in [4.69, 9.17) is 5.26 Å². The molecular formula is C7H9N3S. The van der Waals surface area contributed by atoms with Gasteiger partial charge in [-0.2, -0.15) is 10.4 Å². The van der Waals surface area contributed by atoms with Gasteiger partial charge in [-0.3, -0.25) is 4.68 Å². The Morgan fingerprint density at radius 2 is 2.55 bits per heavy atom. The molecule has 0 saturated carbocycles. The number of aryl methyl sites for hydroxylation is 1. The van der Waals surface area contributed by atoms with Crippen molar-refractivity contribution in [3.63, 3.8) is 0 Å². The van der Waals surface area contributed by atoms with Crippen LogP contribution in [0.15, 0.2) is 12.4 Å². The quantitative estimate of drug-likeness (QED) is 0.629. The van der Waals surface area contributed by atoms with Crippen molar-refractivity contribution in [3.05, 3.63) is 18.0 Å². The summed E-state index contributed by atoms with van der Waals surface area (Å²) >= 11 is 1.25. The van der Waals surface area contributed by atoms with Crippen molar-refractivity contribution in [2.24, 2.45) is 7.05 Å². The summed E-state index contributed by atoms with van der Waals surface area (Å²) in [6, 6.07) is 0. The number of thioether (sulfide) groups is 1. The van der Waals surface area contributed by atoms with Crippen molar-refractivity contribution < 1.29 is 0 Å². The van der Waals surface area contributed by atoms with Gasteiger partial charge in [0.2, 0.25) is 0 Å². The molecule has 4 heteroatoms. The molecule has 0 N–H and O–H groups in total. The minimum absolute atomic E-state index is 0.216. The van der Waals surface area contributed by atoms with E-state index in [-0.39, 0.29) is 5.25 Å². The number of nitrogens with zero attached hydrogens (tertiary/aromatic N) is 3. The van der Waals surface area contributed by atoms with Crippen LogP contribution in [0, 0.1) is 10.7 Å². The maximum absolute atomic E-state index is 8.39. The molecular weight excluding hydrogens is 158 g/mol. The Morgan fingerprint density at radius 3 is 3.00 bits per heavy atom. The Hall–Kier alpha value is -0.950. The Labute approximate surface area is 70.0 Å². The van der Waals surface area contributed by atoms with E-state index in [2.05, 4.69) is 10.5 Å². The summed E-state index contributed by atoms with van der Waals surface area (Å²) in [6.07, 6.45) is 3.71. The first-order valence-electron chi connectivity index (χ1n) is 3.27. The van der Waals surface area contributed by atoms with E-state index in [0.717, 1.165) is 5.56 Å². The van der Waals surface area contributed by atoms with Gasteiger partial charge in [-0.05, 0) is 18.7 Å². The molecule has 1 heterocycles. The van der Waals surface area contributed by atoms with E-state index in [1.807, 2.05) is 20.2 Å². The predicted molar refractivity (Wildman–Crippen MR) is 44.8 cm³/mol. The van der Waals surface area contributed by atoms with Crippen LogP contribution in [0.2, 0.25) is 0 Å². The molecule has 0 amide bonds. The van der Waals surface area contributed by atoms with Gasteiger partial charge in [-0.1, -0.05) is 0 Å². The molecule has 0 radical (unpaired) electrons. The second-order valence-corrected chi connectivity index (χ2v) is 3.42. The number of hydrogen-bond donors (Lipinski definition) is 0. The van der Waals surface area contributed by atoms with Crippen LogP contribution in [0.4, 0.5) is 0 Å². The standard InChI is InChI=1S/C7H9N3S/c1-6(11-5-8)7-3-9-10(2)4-7/h3-4,6H,1-2H3. The normalized spacial score (nSPS) is 12.5. The lowest BCUT2D eigenvalue weighted by Gasteiger charge is -1.99. The molecule has 58 valence electrons. The molecule has 1 aromatic heterocycles. The largest absolute Gasteiger partial charge is 0.276 e. The van der Waals surface area contributed by atoms with Crippen LogP contribution < -0.4 is 0 Å². The summed E-state index contributed by atoms with van der Waals surface area (Å²) in [6.45, 7) is 1.99. The van der Waals surface area contributed by atoms with Crippen molar-refractivity contribution in [1.82, 2.24) is 9.78 Å². The number of nitriles is 1. The van der Waals surface area contributed by atoms with Gasteiger partial charge >= 0.3 is 0 Å². The number of aromatic nitrogens is 2. The Balaban J connectivity index is 2.70. The first-order chi connectivity index (χ1) is 5.24.